The molecule has 0 saturated carbocycles. The van der Waals surface area contributed by atoms with E-state index < -0.39 is 0 Å². The molecule has 0 unspecified atom stereocenters. The molecule has 3 aromatic rings. The zero-order chi connectivity index (χ0) is 20.2. The Balaban J connectivity index is 1.53. The Morgan fingerprint density at radius 3 is 2.45 bits per heavy atom. The first-order valence-corrected chi connectivity index (χ1v) is 10.3. The number of methoxy groups -OCH3 is 1. The Bertz CT molecular complexity index is 1030. The summed E-state index contributed by atoms with van der Waals surface area (Å²) in [7, 11) is 3.51. The number of fused-ring (bicyclic) bond motifs is 1. The molecule has 1 saturated heterocycles. The highest BCUT2D eigenvalue weighted by molar-refractivity contribution is 5.85. The zero-order valence-corrected chi connectivity index (χ0v) is 17.2. The lowest BCUT2D eigenvalue weighted by Crippen LogP contribution is -2.21. The summed E-state index contributed by atoms with van der Waals surface area (Å²) >= 11 is 0. The van der Waals surface area contributed by atoms with Gasteiger partial charge in [0, 0.05) is 24.5 Å². The van der Waals surface area contributed by atoms with Gasteiger partial charge in [-0.15, -0.1) is 0 Å². The van der Waals surface area contributed by atoms with Crippen LogP contribution in [0.5, 0.6) is 11.5 Å². The lowest BCUT2D eigenvalue weighted by molar-refractivity contribution is 0.263. The molecule has 152 valence electrons. The number of hydrogen-bond donors (Lipinski definition) is 0. The summed E-state index contributed by atoms with van der Waals surface area (Å²) in [6, 6.07) is 15.5. The van der Waals surface area contributed by atoms with E-state index in [1.807, 2.05) is 60.1 Å². The van der Waals surface area contributed by atoms with Crippen LogP contribution in [-0.2, 0) is 7.05 Å². The minimum absolute atomic E-state index is 0.0848. The quantitative estimate of drug-likeness (QED) is 0.569. The standard InChI is InChI=1S/C24H28N2O3/c1-25-21-9-4-3-8-20(21)23(27)24(28-2)22(25)18-10-12-19(13-11-18)29-17-7-16-26-14-5-6-15-26/h3-4,8-13H,5-7,14-17H2,1-2H3. The SMILES string of the molecule is COc1c(-c2ccc(OCCCN3CCCC3)cc2)n(C)c2ccccc2c1=O. The molecule has 0 spiro atoms. The molecule has 0 amide bonds. The van der Waals surface area contributed by atoms with E-state index in [0.29, 0.717) is 17.7 Å². The predicted octanol–water partition coefficient (Wildman–Crippen LogP) is 4.08. The first-order valence-electron chi connectivity index (χ1n) is 10.3. The minimum atomic E-state index is -0.0848. The second kappa shape index (κ2) is 8.70. The van der Waals surface area contributed by atoms with Gasteiger partial charge in [-0.1, -0.05) is 12.1 Å². The predicted molar refractivity (Wildman–Crippen MR) is 117 cm³/mol. The Morgan fingerprint density at radius 2 is 1.72 bits per heavy atom. The lowest BCUT2D eigenvalue weighted by Gasteiger charge is -2.17. The first-order chi connectivity index (χ1) is 14.2. The molecule has 5 heteroatoms. The third-order valence-electron chi connectivity index (χ3n) is 5.68. The van der Waals surface area contributed by atoms with Gasteiger partial charge in [0.2, 0.25) is 5.43 Å². The van der Waals surface area contributed by atoms with Gasteiger partial charge in [0.1, 0.15) is 5.75 Å². The fourth-order valence-corrected chi connectivity index (χ4v) is 4.17. The summed E-state index contributed by atoms with van der Waals surface area (Å²) in [6.07, 6.45) is 3.68. The van der Waals surface area contributed by atoms with Crippen molar-refractivity contribution >= 4 is 10.9 Å². The van der Waals surface area contributed by atoms with Crippen LogP contribution in [0.3, 0.4) is 0 Å². The largest absolute Gasteiger partial charge is 0.494 e. The van der Waals surface area contributed by atoms with Crippen molar-refractivity contribution in [2.75, 3.05) is 33.4 Å². The highest BCUT2D eigenvalue weighted by Gasteiger charge is 2.17. The second-order valence-electron chi connectivity index (χ2n) is 7.56. The molecule has 1 aliphatic rings. The molecule has 1 aliphatic heterocycles. The molecule has 0 N–H and O–H groups in total. The molecule has 0 aliphatic carbocycles. The smallest absolute Gasteiger partial charge is 0.231 e. The Morgan fingerprint density at radius 1 is 1.00 bits per heavy atom. The van der Waals surface area contributed by atoms with Gasteiger partial charge in [-0.25, -0.2) is 0 Å². The van der Waals surface area contributed by atoms with E-state index in [9.17, 15) is 4.79 Å². The topological polar surface area (TPSA) is 43.7 Å². The number of aryl methyl sites for hydroxylation is 1. The number of benzene rings is 2. The van der Waals surface area contributed by atoms with Crippen molar-refractivity contribution in [3.8, 4) is 22.8 Å². The van der Waals surface area contributed by atoms with Crippen molar-refractivity contribution in [2.24, 2.45) is 7.05 Å². The van der Waals surface area contributed by atoms with Gasteiger partial charge >= 0.3 is 0 Å². The normalized spacial score (nSPS) is 14.4. The van der Waals surface area contributed by atoms with Crippen LogP contribution >= 0.6 is 0 Å². The van der Waals surface area contributed by atoms with Crippen LogP contribution in [0.25, 0.3) is 22.2 Å². The van der Waals surface area contributed by atoms with E-state index in [2.05, 4.69) is 4.90 Å². The van der Waals surface area contributed by atoms with E-state index in [4.69, 9.17) is 9.47 Å². The van der Waals surface area contributed by atoms with Crippen molar-refractivity contribution in [1.29, 1.82) is 0 Å². The second-order valence-corrected chi connectivity index (χ2v) is 7.56. The highest BCUT2D eigenvalue weighted by Crippen LogP contribution is 2.31. The molecule has 5 nitrogen and oxygen atoms in total. The van der Waals surface area contributed by atoms with Gasteiger partial charge in [0.15, 0.2) is 5.75 Å². The van der Waals surface area contributed by atoms with Crippen LogP contribution < -0.4 is 14.9 Å². The average molecular weight is 392 g/mol. The number of nitrogens with zero attached hydrogens (tertiary/aromatic N) is 2. The van der Waals surface area contributed by atoms with Gasteiger partial charge in [0.05, 0.1) is 24.9 Å². The molecular weight excluding hydrogens is 364 g/mol. The number of likely N-dealkylation sites (tertiary alicyclic amines) is 1. The monoisotopic (exact) mass is 392 g/mol. The fraction of sp³-hybridized carbons (Fsp3) is 0.375. The van der Waals surface area contributed by atoms with Gasteiger partial charge < -0.3 is 18.9 Å². The van der Waals surface area contributed by atoms with Gasteiger partial charge in [-0.3, -0.25) is 4.79 Å². The zero-order valence-electron chi connectivity index (χ0n) is 17.2. The van der Waals surface area contributed by atoms with E-state index in [-0.39, 0.29) is 5.43 Å². The summed E-state index contributed by atoms with van der Waals surface area (Å²) in [4.78, 5) is 15.4. The summed E-state index contributed by atoms with van der Waals surface area (Å²) in [5.74, 6) is 1.21. The molecule has 2 aromatic carbocycles. The van der Waals surface area contributed by atoms with E-state index in [0.717, 1.165) is 35.5 Å². The number of ether oxygens (including phenoxy) is 2. The van der Waals surface area contributed by atoms with Gasteiger partial charge in [-0.05, 0) is 68.8 Å². The molecule has 0 bridgehead atoms. The van der Waals surface area contributed by atoms with Crippen LogP contribution in [0, 0.1) is 0 Å². The van der Waals surface area contributed by atoms with Gasteiger partial charge in [0.25, 0.3) is 0 Å². The van der Waals surface area contributed by atoms with E-state index in [1.54, 1.807) is 7.11 Å². The number of hydrogen-bond acceptors (Lipinski definition) is 4. The third-order valence-corrected chi connectivity index (χ3v) is 5.68. The van der Waals surface area contributed by atoms with Crippen molar-refractivity contribution in [1.82, 2.24) is 9.47 Å². The van der Waals surface area contributed by atoms with Gasteiger partial charge in [-0.2, -0.15) is 0 Å². The van der Waals surface area contributed by atoms with Crippen LogP contribution in [0.2, 0.25) is 0 Å². The van der Waals surface area contributed by atoms with Crippen molar-refractivity contribution in [2.45, 2.75) is 19.3 Å². The molecular formula is C24H28N2O3. The maximum atomic E-state index is 12.9. The van der Waals surface area contributed by atoms with Crippen molar-refractivity contribution in [3.05, 3.63) is 58.8 Å². The Hall–Kier alpha value is -2.79. The number of rotatable bonds is 7. The molecule has 0 radical (unpaired) electrons. The van der Waals surface area contributed by atoms with Crippen LogP contribution in [0.1, 0.15) is 19.3 Å². The summed E-state index contributed by atoms with van der Waals surface area (Å²) < 4.78 is 13.4. The lowest BCUT2D eigenvalue weighted by atomic mass is 10.1. The third kappa shape index (κ3) is 4.01. The van der Waals surface area contributed by atoms with Crippen LogP contribution in [0.4, 0.5) is 0 Å². The molecule has 4 rings (SSSR count). The summed E-state index contributed by atoms with van der Waals surface area (Å²) in [5, 5.41) is 0.661. The van der Waals surface area contributed by atoms with E-state index >= 15 is 0 Å². The summed E-state index contributed by atoms with van der Waals surface area (Å²) in [6.45, 7) is 4.27. The summed E-state index contributed by atoms with van der Waals surface area (Å²) in [5.41, 5.74) is 2.50. The number of aromatic nitrogens is 1. The van der Waals surface area contributed by atoms with Crippen LogP contribution in [0.15, 0.2) is 53.3 Å². The maximum Gasteiger partial charge on any atom is 0.231 e. The highest BCUT2D eigenvalue weighted by atomic mass is 16.5. The van der Waals surface area contributed by atoms with Crippen LogP contribution in [-0.4, -0.2) is 42.8 Å². The molecule has 1 aromatic heterocycles. The first kappa shape index (κ1) is 19.5. The van der Waals surface area contributed by atoms with E-state index in [1.165, 1.54) is 25.9 Å². The number of pyridine rings is 1. The molecule has 2 heterocycles. The number of para-hydroxylation sites is 1. The Labute approximate surface area is 171 Å². The molecule has 1 fully saturated rings. The minimum Gasteiger partial charge on any atom is -0.494 e. The van der Waals surface area contributed by atoms with Crippen molar-refractivity contribution in [3.63, 3.8) is 0 Å². The fourth-order valence-electron chi connectivity index (χ4n) is 4.17. The van der Waals surface area contributed by atoms with Crippen molar-refractivity contribution < 1.29 is 9.47 Å². The molecule has 29 heavy (non-hydrogen) atoms. The molecule has 0 atom stereocenters. The Kier molecular flexibility index (Phi) is 5.86. The maximum absolute atomic E-state index is 12.9. The average Bonchev–Trinajstić information content (AvgIpc) is 3.28.